The first-order chi connectivity index (χ1) is 11.5. The number of carbonyl (C=O) groups is 2. The highest BCUT2D eigenvalue weighted by Crippen LogP contribution is 2.21. The molecule has 24 heavy (non-hydrogen) atoms. The zero-order valence-electron chi connectivity index (χ0n) is 13.4. The van der Waals surface area contributed by atoms with Crippen molar-refractivity contribution in [2.75, 3.05) is 18.4 Å². The summed E-state index contributed by atoms with van der Waals surface area (Å²) in [4.78, 5) is 41.3. The summed E-state index contributed by atoms with van der Waals surface area (Å²) in [6.07, 6.45) is 3.05. The molecule has 3 rings (SSSR count). The summed E-state index contributed by atoms with van der Waals surface area (Å²) in [5.41, 5.74) is 0.947. The average Bonchev–Trinajstić information content (AvgIpc) is 3.12. The average molecular weight is 345 g/mol. The van der Waals surface area contributed by atoms with Crippen molar-refractivity contribution in [2.45, 2.75) is 19.8 Å². The van der Waals surface area contributed by atoms with E-state index in [4.69, 9.17) is 0 Å². The number of aromatic nitrogens is 1. The molecule has 1 fully saturated rings. The number of anilines is 1. The van der Waals surface area contributed by atoms with Gasteiger partial charge in [-0.05, 0) is 37.3 Å². The van der Waals surface area contributed by atoms with Gasteiger partial charge in [0.15, 0.2) is 0 Å². The lowest BCUT2D eigenvalue weighted by Gasteiger charge is -2.31. The van der Waals surface area contributed by atoms with E-state index in [2.05, 4.69) is 10.3 Å². The molecule has 0 bridgehead atoms. The molecule has 126 valence electrons. The molecule has 1 aliphatic heterocycles. The van der Waals surface area contributed by atoms with Gasteiger partial charge in [-0.2, -0.15) is 0 Å². The van der Waals surface area contributed by atoms with Crippen LogP contribution in [-0.4, -0.2) is 34.8 Å². The van der Waals surface area contributed by atoms with Crippen molar-refractivity contribution in [1.82, 2.24) is 9.88 Å². The van der Waals surface area contributed by atoms with Gasteiger partial charge < -0.3 is 15.2 Å². The van der Waals surface area contributed by atoms with Crippen LogP contribution in [0.5, 0.6) is 0 Å². The van der Waals surface area contributed by atoms with E-state index in [9.17, 15) is 14.4 Å². The molecule has 1 saturated heterocycles. The Bertz CT molecular complexity index is 798. The van der Waals surface area contributed by atoms with E-state index in [1.807, 2.05) is 11.4 Å². The van der Waals surface area contributed by atoms with Crippen molar-refractivity contribution in [2.24, 2.45) is 5.92 Å². The van der Waals surface area contributed by atoms with Crippen molar-refractivity contribution < 1.29 is 9.59 Å². The molecule has 7 heteroatoms. The van der Waals surface area contributed by atoms with Crippen LogP contribution in [0.4, 0.5) is 5.69 Å². The highest BCUT2D eigenvalue weighted by atomic mass is 32.1. The highest BCUT2D eigenvalue weighted by Gasteiger charge is 2.29. The normalized spacial score (nSPS) is 17.5. The molecule has 6 nitrogen and oxygen atoms in total. The Labute approximate surface area is 143 Å². The highest BCUT2D eigenvalue weighted by molar-refractivity contribution is 7.12. The van der Waals surface area contributed by atoms with E-state index in [1.165, 1.54) is 17.5 Å². The molecule has 1 atom stereocenters. The summed E-state index contributed by atoms with van der Waals surface area (Å²) in [5, 5.41) is 4.70. The van der Waals surface area contributed by atoms with Gasteiger partial charge in [-0.3, -0.25) is 14.4 Å². The number of thiophene rings is 1. The van der Waals surface area contributed by atoms with E-state index in [1.54, 1.807) is 24.0 Å². The molecule has 0 radical (unpaired) electrons. The number of hydrogen-bond donors (Lipinski definition) is 2. The van der Waals surface area contributed by atoms with E-state index in [0.29, 0.717) is 29.2 Å². The first-order valence-electron chi connectivity index (χ1n) is 7.87. The van der Waals surface area contributed by atoms with Gasteiger partial charge in [-0.25, -0.2) is 0 Å². The Hall–Kier alpha value is -2.41. The third-order valence-electron chi connectivity index (χ3n) is 4.17. The fourth-order valence-electron chi connectivity index (χ4n) is 2.85. The monoisotopic (exact) mass is 345 g/mol. The van der Waals surface area contributed by atoms with E-state index in [0.717, 1.165) is 12.8 Å². The molecular formula is C17H19N3O3S. The first kappa shape index (κ1) is 16.4. The van der Waals surface area contributed by atoms with Gasteiger partial charge in [0, 0.05) is 24.8 Å². The summed E-state index contributed by atoms with van der Waals surface area (Å²) >= 11 is 1.41. The number of piperidine rings is 1. The smallest absolute Gasteiger partial charge is 0.263 e. The molecule has 3 heterocycles. The van der Waals surface area contributed by atoms with Crippen molar-refractivity contribution in [1.29, 1.82) is 0 Å². The molecule has 1 aliphatic rings. The van der Waals surface area contributed by atoms with Crippen LogP contribution < -0.4 is 10.9 Å². The number of carbonyl (C=O) groups excluding carboxylic acids is 2. The van der Waals surface area contributed by atoms with Crippen LogP contribution in [0.15, 0.2) is 34.6 Å². The third kappa shape index (κ3) is 3.56. The number of H-pyrrole nitrogens is 1. The third-order valence-corrected chi connectivity index (χ3v) is 5.03. The summed E-state index contributed by atoms with van der Waals surface area (Å²) in [6.45, 7) is 2.79. The van der Waals surface area contributed by atoms with Crippen LogP contribution in [-0.2, 0) is 4.79 Å². The Morgan fingerprint density at radius 3 is 2.96 bits per heavy atom. The number of aryl methyl sites for hydroxylation is 1. The van der Waals surface area contributed by atoms with Gasteiger partial charge in [-0.1, -0.05) is 6.07 Å². The SMILES string of the molecule is Cc1cc(NC(=O)[C@@H]2CCCN(C(=O)c3cccs3)C2)c[nH]c1=O. The number of nitrogens with one attached hydrogen (secondary N) is 2. The van der Waals surface area contributed by atoms with Crippen molar-refractivity contribution in [3.8, 4) is 0 Å². The summed E-state index contributed by atoms with van der Waals surface area (Å²) in [7, 11) is 0. The van der Waals surface area contributed by atoms with Gasteiger partial charge in [-0.15, -0.1) is 11.3 Å². The second-order valence-corrected chi connectivity index (χ2v) is 6.91. The maximum Gasteiger partial charge on any atom is 0.263 e. The van der Waals surface area contributed by atoms with E-state index >= 15 is 0 Å². The molecular weight excluding hydrogens is 326 g/mol. The number of nitrogens with zero attached hydrogens (tertiary/aromatic N) is 1. The van der Waals surface area contributed by atoms with E-state index < -0.39 is 0 Å². The quantitative estimate of drug-likeness (QED) is 0.895. The van der Waals surface area contributed by atoms with Crippen molar-refractivity contribution >= 4 is 28.8 Å². The molecule has 2 aromatic heterocycles. The Kier molecular flexibility index (Phi) is 4.80. The topological polar surface area (TPSA) is 82.3 Å². The number of hydrogen-bond acceptors (Lipinski definition) is 4. The predicted molar refractivity (Wildman–Crippen MR) is 93.4 cm³/mol. The van der Waals surface area contributed by atoms with Crippen molar-refractivity contribution in [3.05, 3.63) is 50.6 Å². The standard InChI is InChI=1S/C17H19N3O3S/c1-11-8-13(9-18-15(11)21)19-16(22)12-4-2-6-20(10-12)17(23)14-5-3-7-24-14/h3,5,7-9,12H,2,4,6,10H2,1H3,(H,18,21)(H,19,22)/t12-/m1/s1. The number of amides is 2. The van der Waals surface area contributed by atoms with Crippen LogP contribution in [0.1, 0.15) is 28.1 Å². The minimum atomic E-state index is -0.241. The lowest BCUT2D eigenvalue weighted by molar-refractivity contribution is -0.121. The summed E-state index contributed by atoms with van der Waals surface area (Å²) < 4.78 is 0. The maximum absolute atomic E-state index is 12.5. The number of pyridine rings is 1. The Balaban J connectivity index is 1.65. The Morgan fingerprint density at radius 1 is 1.42 bits per heavy atom. The fraction of sp³-hybridized carbons (Fsp3) is 0.353. The number of rotatable bonds is 3. The molecule has 0 unspecified atom stereocenters. The van der Waals surface area contributed by atoms with Gasteiger partial charge in [0.2, 0.25) is 5.91 Å². The van der Waals surface area contributed by atoms with Crippen LogP contribution in [0.25, 0.3) is 0 Å². The van der Waals surface area contributed by atoms with Gasteiger partial charge >= 0.3 is 0 Å². The van der Waals surface area contributed by atoms with Crippen molar-refractivity contribution in [3.63, 3.8) is 0 Å². The molecule has 2 N–H and O–H groups in total. The number of aromatic amines is 1. The van der Waals surface area contributed by atoms with Gasteiger partial charge in [0.25, 0.3) is 11.5 Å². The van der Waals surface area contributed by atoms with Crippen LogP contribution in [0.2, 0.25) is 0 Å². The van der Waals surface area contributed by atoms with Gasteiger partial charge in [0.1, 0.15) is 0 Å². The maximum atomic E-state index is 12.5. The fourth-order valence-corrected chi connectivity index (χ4v) is 3.54. The zero-order valence-corrected chi connectivity index (χ0v) is 14.2. The molecule has 2 aromatic rings. The summed E-state index contributed by atoms with van der Waals surface area (Å²) in [5.74, 6) is -0.373. The second-order valence-electron chi connectivity index (χ2n) is 5.96. The molecule has 0 spiro atoms. The molecule has 0 saturated carbocycles. The van der Waals surface area contributed by atoms with Crippen LogP contribution in [0, 0.1) is 12.8 Å². The first-order valence-corrected chi connectivity index (χ1v) is 8.75. The van der Waals surface area contributed by atoms with E-state index in [-0.39, 0.29) is 23.3 Å². The van der Waals surface area contributed by atoms with Crippen LogP contribution >= 0.6 is 11.3 Å². The Morgan fingerprint density at radius 2 is 2.25 bits per heavy atom. The predicted octanol–water partition coefficient (Wildman–Crippen LogP) is 2.24. The molecule has 0 aromatic carbocycles. The largest absolute Gasteiger partial charge is 0.337 e. The lowest BCUT2D eigenvalue weighted by Crippen LogP contribution is -2.43. The second kappa shape index (κ2) is 7.00. The summed E-state index contributed by atoms with van der Waals surface area (Å²) in [6, 6.07) is 5.30. The molecule has 0 aliphatic carbocycles. The minimum Gasteiger partial charge on any atom is -0.337 e. The van der Waals surface area contributed by atoms with Gasteiger partial charge in [0.05, 0.1) is 16.5 Å². The lowest BCUT2D eigenvalue weighted by atomic mass is 9.97. The minimum absolute atomic E-state index is 0.0117. The zero-order chi connectivity index (χ0) is 17.1. The molecule has 2 amide bonds. The van der Waals surface area contributed by atoms with Crippen LogP contribution in [0.3, 0.4) is 0 Å². The number of likely N-dealkylation sites (tertiary alicyclic amines) is 1.